The van der Waals surface area contributed by atoms with Gasteiger partial charge in [0.25, 0.3) is 0 Å². The number of aromatic nitrogens is 3. The highest BCUT2D eigenvalue weighted by atomic mass is 16.3. The van der Waals surface area contributed by atoms with Crippen molar-refractivity contribution in [2.75, 3.05) is 11.9 Å². The summed E-state index contributed by atoms with van der Waals surface area (Å²) in [6.07, 6.45) is 1.55. The highest BCUT2D eigenvalue weighted by Crippen LogP contribution is 2.11. The highest BCUT2D eigenvalue weighted by Gasteiger charge is 2.12. The number of hydrogen-bond acceptors (Lipinski definition) is 4. The first-order valence-electron chi connectivity index (χ1n) is 5.52. The Kier molecular flexibility index (Phi) is 3.69. The molecular formula is C12H14N4O2. The first-order chi connectivity index (χ1) is 8.70. The molecule has 6 heteroatoms. The topological polar surface area (TPSA) is 71.2 Å². The van der Waals surface area contributed by atoms with Crippen molar-refractivity contribution in [1.29, 1.82) is 0 Å². The second-order valence-corrected chi connectivity index (χ2v) is 3.85. The van der Waals surface area contributed by atoms with E-state index in [-0.39, 0.29) is 19.1 Å². The van der Waals surface area contributed by atoms with Gasteiger partial charge in [-0.25, -0.2) is 4.68 Å². The molecule has 94 valence electrons. The van der Waals surface area contributed by atoms with Crippen LogP contribution in [0, 0.1) is 0 Å². The standard InChI is InChI=1S/C12H14N4O2/c1-15(11-5-3-2-4-6-11)12(18)8-16-7-10(9-17)13-14-16/h2-7,17H,8-9H2,1H3. The van der Waals surface area contributed by atoms with Gasteiger partial charge in [-0.05, 0) is 12.1 Å². The van der Waals surface area contributed by atoms with E-state index >= 15 is 0 Å². The van der Waals surface area contributed by atoms with Gasteiger partial charge in [0, 0.05) is 12.7 Å². The third-order valence-electron chi connectivity index (χ3n) is 2.56. The molecule has 2 aromatic rings. The van der Waals surface area contributed by atoms with E-state index < -0.39 is 0 Å². The van der Waals surface area contributed by atoms with E-state index in [9.17, 15) is 4.79 Å². The lowest BCUT2D eigenvalue weighted by Crippen LogP contribution is -2.30. The number of amides is 1. The van der Waals surface area contributed by atoms with Gasteiger partial charge in [0.05, 0.1) is 12.8 Å². The van der Waals surface area contributed by atoms with Crippen LogP contribution in [-0.2, 0) is 17.9 Å². The van der Waals surface area contributed by atoms with Crippen molar-refractivity contribution < 1.29 is 9.90 Å². The largest absolute Gasteiger partial charge is 0.390 e. The number of nitrogens with zero attached hydrogens (tertiary/aromatic N) is 4. The summed E-state index contributed by atoms with van der Waals surface area (Å²) in [6, 6.07) is 9.36. The molecule has 0 aliphatic carbocycles. The molecule has 18 heavy (non-hydrogen) atoms. The average Bonchev–Trinajstić information content (AvgIpc) is 2.86. The fourth-order valence-corrected chi connectivity index (χ4v) is 1.53. The Labute approximate surface area is 104 Å². The lowest BCUT2D eigenvalue weighted by molar-refractivity contribution is -0.119. The molecule has 0 saturated heterocycles. The minimum absolute atomic E-state index is 0.0956. The molecule has 1 N–H and O–H groups in total. The van der Waals surface area contributed by atoms with Gasteiger partial charge >= 0.3 is 0 Å². The zero-order valence-electron chi connectivity index (χ0n) is 10.0. The van der Waals surface area contributed by atoms with E-state index in [1.165, 1.54) is 4.68 Å². The molecule has 0 unspecified atom stereocenters. The van der Waals surface area contributed by atoms with E-state index in [1.807, 2.05) is 30.3 Å². The van der Waals surface area contributed by atoms with Crippen molar-refractivity contribution in [3.63, 3.8) is 0 Å². The Morgan fingerprint density at radius 1 is 1.39 bits per heavy atom. The minimum Gasteiger partial charge on any atom is -0.390 e. The maximum absolute atomic E-state index is 12.0. The van der Waals surface area contributed by atoms with E-state index in [2.05, 4.69) is 10.3 Å². The number of benzene rings is 1. The van der Waals surface area contributed by atoms with Crippen molar-refractivity contribution in [3.05, 3.63) is 42.2 Å². The van der Waals surface area contributed by atoms with Crippen LogP contribution in [0.4, 0.5) is 5.69 Å². The summed E-state index contributed by atoms with van der Waals surface area (Å²) in [6.45, 7) is -0.0822. The summed E-state index contributed by atoms with van der Waals surface area (Å²) in [4.78, 5) is 13.5. The van der Waals surface area contributed by atoms with Crippen LogP contribution in [0.15, 0.2) is 36.5 Å². The van der Waals surface area contributed by atoms with Gasteiger partial charge in [0.15, 0.2) is 0 Å². The Hall–Kier alpha value is -2.21. The first-order valence-corrected chi connectivity index (χ1v) is 5.52. The van der Waals surface area contributed by atoms with E-state index in [4.69, 9.17) is 5.11 Å². The molecule has 1 aromatic heterocycles. The fourth-order valence-electron chi connectivity index (χ4n) is 1.53. The van der Waals surface area contributed by atoms with Crippen LogP contribution >= 0.6 is 0 Å². The van der Waals surface area contributed by atoms with Crippen LogP contribution in [0.3, 0.4) is 0 Å². The summed E-state index contributed by atoms with van der Waals surface area (Å²) in [5.41, 5.74) is 1.27. The SMILES string of the molecule is CN(C(=O)Cn1cc(CO)nn1)c1ccccc1. The molecule has 0 aliphatic heterocycles. The fraction of sp³-hybridized carbons (Fsp3) is 0.250. The zero-order valence-corrected chi connectivity index (χ0v) is 10.0. The molecule has 0 atom stereocenters. The van der Waals surface area contributed by atoms with Crippen LogP contribution in [0.5, 0.6) is 0 Å². The van der Waals surface area contributed by atoms with Crippen LogP contribution in [0.25, 0.3) is 0 Å². The number of hydrogen-bond donors (Lipinski definition) is 1. The quantitative estimate of drug-likeness (QED) is 0.849. The molecule has 1 heterocycles. The van der Waals surface area contributed by atoms with Crippen LogP contribution in [0.1, 0.15) is 5.69 Å². The van der Waals surface area contributed by atoms with Gasteiger partial charge < -0.3 is 10.0 Å². The Morgan fingerprint density at radius 2 is 2.11 bits per heavy atom. The highest BCUT2D eigenvalue weighted by molar-refractivity contribution is 5.92. The van der Waals surface area contributed by atoms with Crippen LogP contribution in [-0.4, -0.2) is 33.1 Å². The normalized spacial score (nSPS) is 10.3. The molecule has 0 spiro atoms. The predicted molar refractivity (Wildman–Crippen MR) is 65.8 cm³/mol. The first kappa shape index (κ1) is 12.3. The number of rotatable bonds is 4. The molecule has 1 aromatic carbocycles. The number of carbonyl (C=O) groups excluding carboxylic acids is 1. The van der Waals surface area contributed by atoms with Crippen molar-refractivity contribution in [3.8, 4) is 0 Å². The molecule has 0 bridgehead atoms. The third kappa shape index (κ3) is 2.72. The molecular weight excluding hydrogens is 232 g/mol. The smallest absolute Gasteiger partial charge is 0.248 e. The minimum atomic E-state index is -0.178. The summed E-state index contributed by atoms with van der Waals surface area (Å²) in [5, 5.41) is 16.3. The molecule has 0 radical (unpaired) electrons. The number of aliphatic hydroxyl groups excluding tert-OH is 1. The maximum Gasteiger partial charge on any atom is 0.248 e. The van der Waals surface area contributed by atoms with E-state index in [0.29, 0.717) is 5.69 Å². The van der Waals surface area contributed by atoms with E-state index in [0.717, 1.165) is 5.69 Å². The second-order valence-electron chi connectivity index (χ2n) is 3.85. The molecule has 2 rings (SSSR count). The monoisotopic (exact) mass is 246 g/mol. The Morgan fingerprint density at radius 3 is 2.72 bits per heavy atom. The summed E-state index contributed by atoms with van der Waals surface area (Å²) < 4.78 is 1.41. The van der Waals surface area contributed by atoms with Crippen molar-refractivity contribution >= 4 is 11.6 Å². The number of carbonyl (C=O) groups is 1. The molecule has 0 saturated carbocycles. The third-order valence-corrected chi connectivity index (χ3v) is 2.56. The molecule has 1 amide bonds. The van der Waals surface area contributed by atoms with Crippen LogP contribution in [0.2, 0.25) is 0 Å². The van der Waals surface area contributed by atoms with Crippen LogP contribution < -0.4 is 4.90 Å². The average molecular weight is 246 g/mol. The predicted octanol–water partition coefficient (Wildman–Crippen LogP) is 0.433. The Balaban J connectivity index is 2.04. The molecule has 6 nitrogen and oxygen atoms in total. The lowest BCUT2D eigenvalue weighted by atomic mass is 10.3. The van der Waals surface area contributed by atoms with Gasteiger partial charge in [-0.1, -0.05) is 23.4 Å². The number of para-hydroxylation sites is 1. The summed E-state index contributed by atoms with van der Waals surface area (Å²) in [5.74, 6) is -0.101. The zero-order chi connectivity index (χ0) is 13.0. The van der Waals surface area contributed by atoms with Crippen molar-refractivity contribution in [2.24, 2.45) is 0 Å². The number of likely N-dealkylation sites (N-methyl/N-ethyl adjacent to an activating group) is 1. The number of anilines is 1. The van der Waals surface area contributed by atoms with Gasteiger partial charge in [-0.15, -0.1) is 5.10 Å². The van der Waals surface area contributed by atoms with Gasteiger partial charge in [-0.3, -0.25) is 4.79 Å². The molecule has 0 aliphatic rings. The summed E-state index contributed by atoms with van der Waals surface area (Å²) in [7, 11) is 1.71. The molecule has 0 fully saturated rings. The lowest BCUT2D eigenvalue weighted by Gasteiger charge is -2.16. The number of aliphatic hydroxyl groups is 1. The second kappa shape index (κ2) is 5.42. The maximum atomic E-state index is 12.0. The van der Waals surface area contributed by atoms with Gasteiger partial charge in [0.1, 0.15) is 12.2 Å². The van der Waals surface area contributed by atoms with E-state index in [1.54, 1.807) is 18.1 Å². The van der Waals surface area contributed by atoms with Gasteiger partial charge in [-0.2, -0.15) is 0 Å². The Bertz CT molecular complexity index is 524. The summed E-state index contributed by atoms with van der Waals surface area (Å²) >= 11 is 0. The van der Waals surface area contributed by atoms with Crippen molar-refractivity contribution in [2.45, 2.75) is 13.2 Å². The van der Waals surface area contributed by atoms with Crippen molar-refractivity contribution in [1.82, 2.24) is 15.0 Å². The van der Waals surface area contributed by atoms with Gasteiger partial charge in [0.2, 0.25) is 5.91 Å².